The first-order chi connectivity index (χ1) is 13.5. The number of amides is 2. The van der Waals surface area contributed by atoms with Crippen molar-refractivity contribution in [2.75, 3.05) is 0 Å². The van der Waals surface area contributed by atoms with Crippen LogP contribution >= 0.6 is 11.6 Å². The fraction of sp³-hybridized carbons (Fsp3) is 0.136. The molecule has 0 fully saturated rings. The van der Waals surface area contributed by atoms with Crippen LogP contribution in [-0.2, 0) is 13.1 Å². The summed E-state index contributed by atoms with van der Waals surface area (Å²) in [7, 11) is 0. The van der Waals surface area contributed by atoms with Gasteiger partial charge >= 0.3 is 0 Å². The molecule has 0 bridgehead atoms. The van der Waals surface area contributed by atoms with E-state index in [4.69, 9.17) is 11.6 Å². The highest BCUT2D eigenvalue weighted by molar-refractivity contribution is 6.30. The van der Waals surface area contributed by atoms with E-state index in [9.17, 15) is 9.59 Å². The van der Waals surface area contributed by atoms with Crippen LogP contribution in [0.3, 0.4) is 0 Å². The molecule has 3 aromatic rings. The highest BCUT2D eigenvalue weighted by Crippen LogP contribution is 2.10. The average molecular weight is 394 g/mol. The highest BCUT2D eigenvalue weighted by atomic mass is 35.5. The minimum absolute atomic E-state index is 0.275. The largest absolute Gasteiger partial charge is 0.348 e. The highest BCUT2D eigenvalue weighted by Gasteiger charge is 2.11. The van der Waals surface area contributed by atoms with Crippen molar-refractivity contribution in [1.29, 1.82) is 0 Å². The first-order valence-electron chi connectivity index (χ1n) is 8.83. The van der Waals surface area contributed by atoms with Crippen molar-refractivity contribution in [1.82, 2.24) is 15.6 Å². The Labute approximate surface area is 168 Å². The van der Waals surface area contributed by atoms with Crippen molar-refractivity contribution in [2.24, 2.45) is 0 Å². The zero-order valence-electron chi connectivity index (χ0n) is 15.4. The quantitative estimate of drug-likeness (QED) is 0.667. The number of hydrogen-bond donors (Lipinski definition) is 2. The molecule has 0 aliphatic rings. The van der Waals surface area contributed by atoms with Crippen LogP contribution in [0, 0.1) is 6.92 Å². The van der Waals surface area contributed by atoms with Crippen LogP contribution in [0.2, 0.25) is 5.02 Å². The van der Waals surface area contributed by atoms with Gasteiger partial charge in [-0.1, -0.05) is 48.0 Å². The van der Waals surface area contributed by atoms with Crippen molar-refractivity contribution < 1.29 is 9.59 Å². The predicted molar refractivity (Wildman–Crippen MR) is 109 cm³/mol. The number of nitrogens with zero attached hydrogens (tertiary/aromatic N) is 1. The fourth-order valence-electron chi connectivity index (χ4n) is 2.66. The summed E-state index contributed by atoms with van der Waals surface area (Å²) >= 11 is 5.86. The van der Waals surface area contributed by atoms with E-state index >= 15 is 0 Å². The van der Waals surface area contributed by atoms with E-state index in [0.29, 0.717) is 29.2 Å². The lowest BCUT2D eigenvalue weighted by atomic mass is 10.1. The molecule has 0 aliphatic heterocycles. The SMILES string of the molecule is Cc1ccccc1CNC(=O)c1cncc(C(=O)NCc2ccc(Cl)cc2)c1. The summed E-state index contributed by atoms with van der Waals surface area (Å²) in [6, 6.07) is 16.6. The zero-order chi connectivity index (χ0) is 19.9. The molecule has 0 aliphatic carbocycles. The van der Waals surface area contributed by atoms with Gasteiger partial charge < -0.3 is 10.6 Å². The van der Waals surface area contributed by atoms with Crippen molar-refractivity contribution in [3.8, 4) is 0 Å². The number of rotatable bonds is 6. The molecule has 2 N–H and O–H groups in total. The van der Waals surface area contributed by atoms with Crippen LogP contribution in [0.25, 0.3) is 0 Å². The molecule has 28 heavy (non-hydrogen) atoms. The van der Waals surface area contributed by atoms with Gasteiger partial charge in [0.25, 0.3) is 11.8 Å². The minimum atomic E-state index is -0.295. The summed E-state index contributed by atoms with van der Waals surface area (Å²) in [5, 5.41) is 6.32. The van der Waals surface area contributed by atoms with Gasteiger partial charge in [0.05, 0.1) is 11.1 Å². The van der Waals surface area contributed by atoms with E-state index in [-0.39, 0.29) is 11.8 Å². The molecular weight excluding hydrogens is 374 g/mol. The van der Waals surface area contributed by atoms with Crippen molar-refractivity contribution >= 4 is 23.4 Å². The molecule has 1 aromatic heterocycles. The number of halogens is 1. The molecule has 5 nitrogen and oxygen atoms in total. The Bertz CT molecular complexity index is 987. The molecule has 3 rings (SSSR count). The Hall–Kier alpha value is -3.18. The fourth-order valence-corrected chi connectivity index (χ4v) is 2.79. The lowest BCUT2D eigenvalue weighted by Crippen LogP contribution is -2.26. The van der Waals surface area contributed by atoms with Gasteiger partial charge in [-0.05, 0) is 41.8 Å². The molecular formula is C22H20ClN3O2. The van der Waals surface area contributed by atoms with E-state index in [1.807, 2.05) is 43.3 Å². The van der Waals surface area contributed by atoms with E-state index < -0.39 is 0 Å². The normalized spacial score (nSPS) is 10.4. The zero-order valence-corrected chi connectivity index (χ0v) is 16.2. The first kappa shape index (κ1) is 19.6. The summed E-state index contributed by atoms with van der Waals surface area (Å²) in [6.07, 6.45) is 2.89. The van der Waals surface area contributed by atoms with E-state index in [2.05, 4.69) is 15.6 Å². The number of aromatic nitrogens is 1. The third-order valence-electron chi connectivity index (χ3n) is 4.33. The monoisotopic (exact) mass is 393 g/mol. The third kappa shape index (κ3) is 5.18. The average Bonchev–Trinajstić information content (AvgIpc) is 2.72. The van der Waals surface area contributed by atoms with Gasteiger partial charge in [0.2, 0.25) is 0 Å². The summed E-state index contributed by atoms with van der Waals surface area (Å²) in [4.78, 5) is 28.8. The maximum Gasteiger partial charge on any atom is 0.253 e. The van der Waals surface area contributed by atoms with Gasteiger partial charge in [-0.2, -0.15) is 0 Å². The Morgan fingerprint density at radius 1 is 0.893 bits per heavy atom. The van der Waals surface area contributed by atoms with Crippen molar-refractivity contribution in [2.45, 2.75) is 20.0 Å². The Kier molecular flexibility index (Phi) is 6.40. The number of hydrogen-bond acceptors (Lipinski definition) is 3. The van der Waals surface area contributed by atoms with Crippen LogP contribution in [0.4, 0.5) is 0 Å². The van der Waals surface area contributed by atoms with Gasteiger partial charge in [0, 0.05) is 30.5 Å². The van der Waals surface area contributed by atoms with Gasteiger partial charge in [0.15, 0.2) is 0 Å². The second kappa shape index (κ2) is 9.15. The molecule has 6 heteroatoms. The Morgan fingerprint density at radius 2 is 1.50 bits per heavy atom. The third-order valence-corrected chi connectivity index (χ3v) is 4.58. The Morgan fingerprint density at radius 3 is 2.14 bits per heavy atom. The number of nitrogens with one attached hydrogen (secondary N) is 2. The molecule has 2 aromatic carbocycles. The molecule has 0 unspecified atom stereocenters. The first-order valence-corrected chi connectivity index (χ1v) is 9.21. The maximum absolute atomic E-state index is 12.4. The number of carbonyl (C=O) groups excluding carboxylic acids is 2. The minimum Gasteiger partial charge on any atom is -0.348 e. The lowest BCUT2D eigenvalue weighted by Gasteiger charge is -2.09. The molecule has 0 spiro atoms. The molecule has 142 valence electrons. The summed E-state index contributed by atoms with van der Waals surface area (Å²) in [5.41, 5.74) is 3.75. The summed E-state index contributed by atoms with van der Waals surface area (Å²) in [6.45, 7) is 2.77. The lowest BCUT2D eigenvalue weighted by molar-refractivity contribution is 0.0950. The standard InChI is InChI=1S/C22H20ClN3O2/c1-15-4-2-3-5-17(15)14-26-22(28)19-10-18(12-24-13-19)21(27)25-11-16-6-8-20(23)9-7-16/h2-10,12-13H,11,14H2,1H3,(H,25,27)(H,26,28). The number of benzene rings is 2. The summed E-state index contributed by atoms with van der Waals surface area (Å²) < 4.78 is 0. The topological polar surface area (TPSA) is 71.1 Å². The van der Waals surface area contributed by atoms with Crippen LogP contribution in [0.15, 0.2) is 67.0 Å². The van der Waals surface area contributed by atoms with Gasteiger partial charge in [-0.25, -0.2) is 0 Å². The second-order valence-corrected chi connectivity index (χ2v) is 6.82. The van der Waals surface area contributed by atoms with E-state index in [1.165, 1.54) is 18.5 Å². The van der Waals surface area contributed by atoms with E-state index in [0.717, 1.165) is 16.7 Å². The van der Waals surface area contributed by atoms with Crippen molar-refractivity contribution in [3.63, 3.8) is 0 Å². The molecule has 2 amide bonds. The molecule has 1 heterocycles. The second-order valence-electron chi connectivity index (χ2n) is 6.38. The number of aryl methyl sites for hydroxylation is 1. The molecule has 0 atom stereocenters. The molecule has 0 saturated heterocycles. The predicted octanol–water partition coefficient (Wildman–Crippen LogP) is 3.90. The molecule has 0 saturated carbocycles. The number of carbonyl (C=O) groups is 2. The van der Waals surface area contributed by atoms with Crippen LogP contribution in [0.5, 0.6) is 0 Å². The summed E-state index contributed by atoms with van der Waals surface area (Å²) in [5.74, 6) is -0.570. The van der Waals surface area contributed by atoms with Gasteiger partial charge in [-0.15, -0.1) is 0 Å². The number of pyridine rings is 1. The Balaban J connectivity index is 1.60. The smallest absolute Gasteiger partial charge is 0.253 e. The van der Waals surface area contributed by atoms with Gasteiger partial charge in [-0.3, -0.25) is 14.6 Å². The van der Waals surface area contributed by atoms with Crippen LogP contribution in [0.1, 0.15) is 37.4 Å². The van der Waals surface area contributed by atoms with Crippen LogP contribution in [-0.4, -0.2) is 16.8 Å². The maximum atomic E-state index is 12.4. The molecule has 0 radical (unpaired) electrons. The van der Waals surface area contributed by atoms with Gasteiger partial charge in [0.1, 0.15) is 0 Å². The van der Waals surface area contributed by atoms with E-state index in [1.54, 1.807) is 12.1 Å². The van der Waals surface area contributed by atoms with Crippen LogP contribution < -0.4 is 10.6 Å². The van der Waals surface area contributed by atoms with Crippen molar-refractivity contribution in [3.05, 3.63) is 99.8 Å².